The lowest BCUT2D eigenvalue weighted by Crippen LogP contribution is -2.25. The highest BCUT2D eigenvalue weighted by Crippen LogP contribution is 2.35. The van der Waals surface area contributed by atoms with Gasteiger partial charge in [-0.2, -0.15) is 0 Å². The van der Waals surface area contributed by atoms with Crippen molar-refractivity contribution in [2.45, 2.75) is 11.7 Å². The second kappa shape index (κ2) is 8.83. The van der Waals surface area contributed by atoms with E-state index >= 15 is 0 Å². The van der Waals surface area contributed by atoms with Crippen molar-refractivity contribution in [1.82, 2.24) is 20.5 Å². The molecular weight excluding hydrogens is 434 g/mol. The SMILES string of the molecule is O=C(CSc1nnc(-c2cc(Cl)sc2Cl)c(=O)[nH]1)NCc1ccc(F)cc1. The molecule has 0 atom stereocenters. The van der Waals surface area contributed by atoms with Gasteiger partial charge in [-0.15, -0.1) is 21.5 Å². The second-order valence-electron chi connectivity index (χ2n) is 5.24. The second-order valence-corrected chi connectivity index (χ2v) is 8.49. The largest absolute Gasteiger partial charge is 0.351 e. The summed E-state index contributed by atoms with van der Waals surface area (Å²) in [5.74, 6) is -0.558. The van der Waals surface area contributed by atoms with E-state index in [1.807, 2.05) is 0 Å². The molecule has 3 rings (SSSR count). The van der Waals surface area contributed by atoms with Gasteiger partial charge in [0.05, 0.1) is 10.1 Å². The Labute approximate surface area is 171 Å². The van der Waals surface area contributed by atoms with E-state index < -0.39 is 5.56 Å². The molecule has 0 fully saturated rings. The van der Waals surface area contributed by atoms with Crippen LogP contribution in [0.5, 0.6) is 0 Å². The molecule has 0 spiro atoms. The van der Waals surface area contributed by atoms with Crippen LogP contribution in [-0.4, -0.2) is 26.8 Å². The number of halogens is 3. The first-order chi connectivity index (χ1) is 12.9. The van der Waals surface area contributed by atoms with Crippen LogP contribution >= 0.6 is 46.3 Å². The lowest BCUT2D eigenvalue weighted by molar-refractivity contribution is -0.118. The zero-order valence-corrected chi connectivity index (χ0v) is 16.6. The zero-order valence-electron chi connectivity index (χ0n) is 13.5. The van der Waals surface area contributed by atoms with Gasteiger partial charge < -0.3 is 5.32 Å². The van der Waals surface area contributed by atoms with Gasteiger partial charge in [0.2, 0.25) is 5.91 Å². The average molecular weight is 445 g/mol. The molecule has 1 aromatic carbocycles. The first kappa shape index (κ1) is 19.8. The van der Waals surface area contributed by atoms with Gasteiger partial charge in [-0.3, -0.25) is 14.6 Å². The fraction of sp³-hybridized carbons (Fsp3) is 0.125. The van der Waals surface area contributed by atoms with Crippen molar-refractivity contribution in [3.8, 4) is 11.3 Å². The highest BCUT2D eigenvalue weighted by Gasteiger charge is 2.15. The number of hydrogen-bond acceptors (Lipinski definition) is 6. The summed E-state index contributed by atoms with van der Waals surface area (Å²) in [5, 5.41) is 10.7. The number of hydrogen-bond donors (Lipinski definition) is 2. The number of carbonyl (C=O) groups is 1. The molecule has 0 unspecified atom stereocenters. The Morgan fingerprint density at radius 3 is 2.63 bits per heavy atom. The fourth-order valence-corrected chi connectivity index (χ4v) is 4.15. The number of H-pyrrole nitrogens is 1. The van der Waals surface area contributed by atoms with Crippen LogP contribution in [0.4, 0.5) is 4.39 Å². The monoisotopic (exact) mass is 444 g/mol. The van der Waals surface area contributed by atoms with Crippen LogP contribution in [0.2, 0.25) is 8.67 Å². The zero-order chi connectivity index (χ0) is 19.4. The molecule has 0 bridgehead atoms. The smallest absolute Gasteiger partial charge is 0.278 e. The summed E-state index contributed by atoms with van der Waals surface area (Å²) in [6.45, 7) is 0.276. The molecule has 0 saturated carbocycles. The lowest BCUT2D eigenvalue weighted by Gasteiger charge is -2.05. The number of rotatable bonds is 6. The normalized spacial score (nSPS) is 10.8. The van der Waals surface area contributed by atoms with Gasteiger partial charge in [0.25, 0.3) is 5.56 Å². The van der Waals surface area contributed by atoms with E-state index in [-0.39, 0.29) is 34.9 Å². The number of thiophene rings is 1. The third kappa shape index (κ3) is 5.29. The molecule has 0 radical (unpaired) electrons. The predicted molar refractivity (Wildman–Crippen MR) is 105 cm³/mol. The van der Waals surface area contributed by atoms with Gasteiger partial charge in [0.15, 0.2) is 10.9 Å². The van der Waals surface area contributed by atoms with Gasteiger partial charge in [-0.05, 0) is 23.8 Å². The first-order valence-corrected chi connectivity index (χ1v) is 10.0. The number of aromatic nitrogens is 3. The number of nitrogens with zero attached hydrogens (tertiary/aromatic N) is 2. The maximum absolute atomic E-state index is 12.8. The maximum atomic E-state index is 12.8. The predicted octanol–water partition coefficient (Wildman–Crippen LogP) is 3.75. The minimum absolute atomic E-state index is 0.0379. The molecule has 0 aliphatic rings. The Hall–Kier alpha value is -1.94. The van der Waals surface area contributed by atoms with E-state index in [1.165, 1.54) is 12.1 Å². The molecule has 11 heteroatoms. The number of carbonyl (C=O) groups excluding carboxylic acids is 1. The lowest BCUT2D eigenvalue weighted by atomic mass is 10.2. The van der Waals surface area contributed by atoms with Gasteiger partial charge >= 0.3 is 0 Å². The Morgan fingerprint density at radius 2 is 2.00 bits per heavy atom. The number of amides is 1. The van der Waals surface area contributed by atoms with Crippen LogP contribution in [0.3, 0.4) is 0 Å². The van der Waals surface area contributed by atoms with Crippen LogP contribution in [-0.2, 0) is 11.3 Å². The molecular formula is C16H11Cl2FN4O2S2. The van der Waals surface area contributed by atoms with Crippen molar-refractivity contribution >= 4 is 52.2 Å². The van der Waals surface area contributed by atoms with E-state index in [0.29, 0.717) is 14.2 Å². The molecule has 2 aromatic heterocycles. The minimum Gasteiger partial charge on any atom is -0.351 e. The average Bonchev–Trinajstić information content (AvgIpc) is 2.97. The van der Waals surface area contributed by atoms with Gasteiger partial charge in [-0.25, -0.2) is 4.39 Å². The molecule has 6 nitrogen and oxygen atoms in total. The molecule has 0 aliphatic carbocycles. The summed E-state index contributed by atoms with van der Waals surface area (Å²) in [5.41, 5.74) is 0.774. The highest BCUT2D eigenvalue weighted by molar-refractivity contribution is 7.99. The number of benzene rings is 1. The summed E-state index contributed by atoms with van der Waals surface area (Å²) in [7, 11) is 0. The third-order valence-corrected chi connectivity index (χ3v) is 5.68. The molecule has 3 aromatic rings. The van der Waals surface area contributed by atoms with Crippen molar-refractivity contribution in [3.63, 3.8) is 0 Å². The maximum Gasteiger partial charge on any atom is 0.278 e. The van der Waals surface area contributed by atoms with Crippen LogP contribution in [0.1, 0.15) is 5.56 Å². The molecule has 0 saturated heterocycles. The standard InChI is InChI=1S/C16H11Cl2FN4O2S2/c17-11-5-10(14(18)27-11)13-15(25)21-16(23-22-13)26-7-12(24)20-6-8-1-3-9(19)4-2-8/h1-5H,6-7H2,(H,20,24)(H,21,23,25). The van der Waals surface area contributed by atoms with Crippen LogP contribution in [0, 0.1) is 5.82 Å². The number of thioether (sulfide) groups is 1. The molecule has 2 N–H and O–H groups in total. The molecule has 1 amide bonds. The van der Waals surface area contributed by atoms with Crippen LogP contribution in [0.15, 0.2) is 40.3 Å². The molecule has 140 valence electrons. The first-order valence-electron chi connectivity index (χ1n) is 7.48. The summed E-state index contributed by atoms with van der Waals surface area (Å²) in [6.07, 6.45) is 0. The Kier molecular flexibility index (Phi) is 6.48. The quantitative estimate of drug-likeness (QED) is 0.565. The Morgan fingerprint density at radius 1 is 1.26 bits per heavy atom. The van der Waals surface area contributed by atoms with Crippen LogP contribution < -0.4 is 10.9 Å². The molecule has 27 heavy (non-hydrogen) atoms. The van der Waals surface area contributed by atoms with Crippen LogP contribution in [0.25, 0.3) is 11.3 Å². The number of nitrogens with one attached hydrogen (secondary N) is 2. The minimum atomic E-state index is -0.476. The van der Waals surface area contributed by atoms with E-state index in [4.69, 9.17) is 23.2 Å². The topological polar surface area (TPSA) is 87.7 Å². The third-order valence-electron chi connectivity index (χ3n) is 3.33. The fourth-order valence-electron chi connectivity index (χ4n) is 2.05. The van der Waals surface area contributed by atoms with Crippen molar-refractivity contribution < 1.29 is 9.18 Å². The van der Waals surface area contributed by atoms with Crippen molar-refractivity contribution in [2.24, 2.45) is 0 Å². The van der Waals surface area contributed by atoms with E-state index in [1.54, 1.807) is 18.2 Å². The Balaban J connectivity index is 1.57. The van der Waals surface area contributed by atoms with Crippen molar-refractivity contribution in [3.05, 3.63) is 60.7 Å². The van der Waals surface area contributed by atoms with E-state index in [9.17, 15) is 14.0 Å². The molecule has 2 heterocycles. The van der Waals surface area contributed by atoms with E-state index in [0.717, 1.165) is 28.7 Å². The highest BCUT2D eigenvalue weighted by atomic mass is 35.5. The Bertz CT molecular complexity index is 1020. The van der Waals surface area contributed by atoms with Crippen molar-refractivity contribution in [2.75, 3.05) is 5.75 Å². The summed E-state index contributed by atoms with van der Waals surface area (Å²) < 4.78 is 13.6. The van der Waals surface area contributed by atoms with Gasteiger partial charge in [-0.1, -0.05) is 47.1 Å². The summed E-state index contributed by atoms with van der Waals surface area (Å²) in [6, 6.07) is 7.37. The summed E-state index contributed by atoms with van der Waals surface area (Å²) in [4.78, 5) is 26.6. The van der Waals surface area contributed by atoms with E-state index in [2.05, 4.69) is 20.5 Å². The van der Waals surface area contributed by atoms with Gasteiger partial charge in [0.1, 0.15) is 10.2 Å². The molecule has 0 aliphatic heterocycles. The van der Waals surface area contributed by atoms with Gasteiger partial charge in [0, 0.05) is 12.1 Å². The van der Waals surface area contributed by atoms with Crippen molar-refractivity contribution in [1.29, 1.82) is 0 Å². The summed E-state index contributed by atoms with van der Waals surface area (Å²) >= 11 is 14.1. The number of aromatic amines is 1.